The van der Waals surface area contributed by atoms with Gasteiger partial charge in [-0.1, -0.05) is 17.7 Å². The first-order chi connectivity index (χ1) is 15.8. The molecule has 0 spiro atoms. The molecule has 0 bridgehead atoms. The van der Waals surface area contributed by atoms with Crippen LogP contribution in [0.25, 0.3) is 5.69 Å². The van der Waals surface area contributed by atoms with Gasteiger partial charge in [-0.15, -0.1) is 0 Å². The molecule has 0 radical (unpaired) electrons. The molecule has 3 aromatic rings. The van der Waals surface area contributed by atoms with Crippen molar-refractivity contribution in [3.63, 3.8) is 0 Å². The number of hydrogen-bond acceptors (Lipinski definition) is 3. The second kappa shape index (κ2) is 9.45. The van der Waals surface area contributed by atoms with E-state index < -0.39 is 11.7 Å². The molecule has 0 aliphatic carbocycles. The Bertz CT molecular complexity index is 1180. The Kier molecular flexibility index (Phi) is 6.63. The highest BCUT2D eigenvalue weighted by molar-refractivity contribution is 6.33. The van der Waals surface area contributed by atoms with Gasteiger partial charge in [-0.2, -0.15) is 0 Å². The molecule has 1 amide bonds. The van der Waals surface area contributed by atoms with Gasteiger partial charge in [0.25, 0.3) is 5.91 Å². The van der Waals surface area contributed by atoms with Gasteiger partial charge < -0.3 is 9.47 Å². The normalized spacial score (nSPS) is 14.5. The van der Waals surface area contributed by atoms with E-state index >= 15 is 0 Å². The third-order valence-corrected chi connectivity index (χ3v) is 6.33. The molecule has 1 fully saturated rings. The first-order valence-corrected chi connectivity index (χ1v) is 11.1. The summed E-state index contributed by atoms with van der Waals surface area (Å²) in [6, 6.07) is 12.2. The van der Waals surface area contributed by atoms with E-state index in [0.717, 1.165) is 17.1 Å². The maximum absolute atomic E-state index is 14.1. The Morgan fingerprint density at radius 3 is 2.27 bits per heavy atom. The smallest absolute Gasteiger partial charge is 0.258 e. The van der Waals surface area contributed by atoms with Gasteiger partial charge in [-0.3, -0.25) is 14.5 Å². The van der Waals surface area contributed by atoms with E-state index in [-0.39, 0.29) is 28.7 Å². The maximum Gasteiger partial charge on any atom is 0.258 e. The number of nitrogens with zero attached hydrogens (tertiary/aromatic N) is 3. The fourth-order valence-electron chi connectivity index (χ4n) is 4.29. The number of rotatable bonds is 5. The second-order valence-electron chi connectivity index (χ2n) is 8.18. The van der Waals surface area contributed by atoms with Crippen molar-refractivity contribution in [3.8, 4) is 5.69 Å². The zero-order valence-corrected chi connectivity index (χ0v) is 19.2. The molecule has 0 atom stereocenters. The predicted molar refractivity (Wildman–Crippen MR) is 123 cm³/mol. The standard InChI is InChI=1S/C25H24ClF2N3O2/c1-16-14-20(17(2)31(16)19-8-6-18(27)7-9-19)23(32)15-29-10-12-30(13-11-29)25(33)24-21(26)4-3-5-22(24)28/h3-9,14H,10-13,15H2,1-2H3. The lowest BCUT2D eigenvalue weighted by atomic mass is 10.1. The lowest BCUT2D eigenvalue weighted by molar-refractivity contribution is 0.0620. The van der Waals surface area contributed by atoms with Crippen LogP contribution in [0.4, 0.5) is 8.78 Å². The fourth-order valence-corrected chi connectivity index (χ4v) is 4.53. The lowest BCUT2D eigenvalue weighted by Crippen LogP contribution is -2.50. The Hall–Kier alpha value is -3.03. The van der Waals surface area contributed by atoms with Crippen molar-refractivity contribution < 1.29 is 18.4 Å². The van der Waals surface area contributed by atoms with Crippen LogP contribution < -0.4 is 0 Å². The average Bonchev–Trinajstić information content (AvgIpc) is 3.09. The van der Waals surface area contributed by atoms with E-state index in [1.165, 1.54) is 30.3 Å². The van der Waals surface area contributed by atoms with Gasteiger partial charge >= 0.3 is 0 Å². The molecule has 0 saturated carbocycles. The first kappa shape index (κ1) is 23.1. The van der Waals surface area contributed by atoms with Crippen molar-refractivity contribution in [3.05, 3.63) is 87.7 Å². The summed E-state index contributed by atoms with van der Waals surface area (Å²) in [5.74, 6) is -1.41. The molecular formula is C25H24ClF2N3O2. The molecule has 2 aromatic carbocycles. The Labute approximate surface area is 196 Å². The molecule has 33 heavy (non-hydrogen) atoms. The highest BCUT2D eigenvalue weighted by atomic mass is 35.5. The van der Waals surface area contributed by atoms with Crippen LogP contribution in [-0.4, -0.2) is 58.8 Å². The zero-order chi connectivity index (χ0) is 23.7. The topological polar surface area (TPSA) is 45.6 Å². The number of aromatic nitrogens is 1. The van der Waals surface area contributed by atoms with E-state index in [4.69, 9.17) is 11.6 Å². The van der Waals surface area contributed by atoms with Gasteiger partial charge in [-0.25, -0.2) is 8.78 Å². The molecule has 1 aliphatic heterocycles. The Morgan fingerprint density at radius 1 is 0.970 bits per heavy atom. The molecule has 1 aromatic heterocycles. The predicted octanol–water partition coefficient (Wildman–Crippen LogP) is 4.67. The number of ketones is 1. The minimum atomic E-state index is -0.637. The minimum Gasteiger partial charge on any atom is -0.336 e. The Balaban J connectivity index is 1.41. The molecule has 8 heteroatoms. The summed E-state index contributed by atoms with van der Waals surface area (Å²) in [4.78, 5) is 29.3. The van der Waals surface area contributed by atoms with Crippen molar-refractivity contribution >= 4 is 23.3 Å². The number of Topliss-reactive ketones (excluding diaryl/α,β-unsaturated/α-hetero) is 1. The SMILES string of the molecule is Cc1cc(C(=O)CN2CCN(C(=O)c3c(F)cccc3Cl)CC2)c(C)n1-c1ccc(F)cc1. The zero-order valence-electron chi connectivity index (χ0n) is 18.4. The summed E-state index contributed by atoms with van der Waals surface area (Å²) in [6.45, 7) is 5.76. The van der Waals surface area contributed by atoms with Gasteiger partial charge in [0.1, 0.15) is 11.6 Å². The number of aryl methyl sites for hydroxylation is 1. The quantitative estimate of drug-likeness (QED) is 0.508. The fraction of sp³-hybridized carbons (Fsp3) is 0.280. The number of halogens is 3. The minimum absolute atomic E-state index is 0.0200. The summed E-state index contributed by atoms with van der Waals surface area (Å²) < 4.78 is 29.3. The van der Waals surface area contributed by atoms with Gasteiger partial charge in [-0.05, 0) is 56.3 Å². The highest BCUT2D eigenvalue weighted by Gasteiger charge is 2.27. The van der Waals surface area contributed by atoms with Crippen LogP contribution in [0.2, 0.25) is 5.02 Å². The highest BCUT2D eigenvalue weighted by Crippen LogP contribution is 2.23. The second-order valence-corrected chi connectivity index (χ2v) is 8.59. The molecule has 4 rings (SSSR count). The number of benzene rings is 2. The van der Waals surface area contributed by atoms with Crippen LogP contribution in [0, 0.1) is 25.5 Å². The van der Waals surface area contributed by atoms with Gasteiger partial charge in [0.15, 0.2) is 5.78 Å². The number of carbonyl (C=O) groups is 2. The van der Waals surface area contributed by atoms with Crippen LogP contribution in [0.1, 0.15) is 32.1 Å². The molecule has 1 saturated heterocycles. The number of amides is 1. The first-order valence-electron chi connectivity index (χ1n) is 10.7. The number of carbonyl (C=O) groups excluding carboxylic acids is 2. The van der Waals surface area contributed by atoms with Crippen molar-refractivity contribution in [2.75, 3.05) is 32.7 Å². The summed E-state index contributed by atoms with van der Waals surface area (Å²) in [6.07, 6.45) is 0. The molecule has 0 N–H and O–H groups in total. The molecule has 2 heterocycles. The van der Waals surface area contributed by atoms with Gasteiger partial charge in [0.05, 0.1) is 17.1 Å². The van der Waals surface area contributed by atoms with E-state index in [1.807, 2.05) is 29.4 Å². The average molecular weight is 472 g/mol. The van der Waals surface area contributed by atoms with E-state index in [9.17, 15) is 18.4 Å². The van der Waals surface area contributed by atoms with Crippen molar-refractivity contribution in [2.45, 2.75) is 13.8 Å². The van der Waals surface area contributed by atoms with Crippen LogP contribution in [0.15, 0.2) is 48.5 Å². The maximum atomic E-state index is 14.1. The van der Waals surface area contributed by atoms with Crippen LogP contribution in [-0.2, 0) is 0 Å². The monoisotopic (exact) mass is 471 g/mol. The van der Waals surface area contributed by atoms with Crippen molar-refractivity contribution in [1.29, 1.82) is 0 Å². The van der Waals surface area contributed by atoms with Crippen molar-refractivity contribution in [1.82, 2.24) is 14.4 Å². The summed E-state index contributed by atoms with van der Waals surface area (Å²) in [5, 5.41) is 0.0918. The van der Waals surface area contributed by atoms with Crippen LogP contribution >= 0.6 is 11.6 Å². The molecule has 5 nitrogen and oxygen atoms in total. The molecule has 172 valence electrons. The summed E-state index contributed by atoms with van der Waals surface area (Å²) in [7, 11) is 0. The van der Waals surface area contributed by atoms with Crippen LogP contribution in [0.5, 0.6) is 0 Å². The lowest BCUT2D eigenvalue weighted by Gasteiger charge is -2.34. The number of piperazine rings is 1. The molecule has 0 unspecified atom stereocenters. The van der Waals surface area contributed by atoms with Gasteiger partial charge in [0.2, 0.25) is 0 Å². The van der Waals surface area contributed by atoms with E-state index in [1.54, 1.807) is 17.0 Å². The summed E-state index contributed by atoms with van der Waals surface area (Å²) in [5.41, 5.74) is 2.99. The molecule has 1 aliphatic rings. The molecular weight excluding hydrogens is 448 g/mol. The van der Waals surface area contributed by atoms with E-state index in [0.29, 0.717) is 31.7 Å². The van der Waals surface area contributed by atoms with E-state index in [2.05, 4.69) is 0 Å². The van der Waals surface area contributed by atoms with Crippen molar-refractivity contribution in [2.24, 2.45) is 0 Å². The Morgan fingerprint density at radius 2 is 1.64 bits per heavy atom. The number of hydrogen-bond donors (Lipinski definition) is 0. The van der Waals surface area contributed by atoms with Gasteiger partial charge in [0, 0.05) is 48.8 Å². The third kappa shape index (κ3) is 4.70. The summed E-state index contributed by atoms with van der Waals surface area (Å²) >= 11 is 6.03. The largest absolute Gasteiger partial charge is 0.336 e. The third-order valence-electron chi connectivity index (χ3n) is 6.02. The van der Waals surface area contributed by atoms with Crippen LogP contribution in [0.3, 0.4) is 0 Å².